The normalized spacial score (nSPS) is 9.75. The van der Waals surface area contributed by atoms with Gasteiger partial charge in [-0.3, -0.25) is 5.21 Å². The molecule has 0 aliphatic rings. The number of hydroxylamine groups is 1. The van der Waals surface area contributed by atoms with Crippen LogP contribution in [-0.4, -0.2) is 11.8 Å². The maximum Gasteiger partial charge on any atom is 0.0424 e. The van der Waals surface area contributed by atoms with E-state index in [2.05, 4.69) is 12.4 Å². The summed E-state index contributed by atoms with van der Waals surface area (Å²) in [6.45, 7) is 2.77. The van der Waals surface area contributed by atoms with Crippen LogP contribution in [0.5, 0.6) is 0 Å². The van der Waals surface area contributed by atoms with Gasteiger partial charge in [-0.15, -0.1) is 5.48 Å². The van der Waals surface area contributed by atoms with Crippen LogP contribution in [-0.2, 0) is 0 Å². The van der Waals surface area contributed by atoms with Crippen LogP contribution in [0, 0.1) is 0 Å². The highest BCUT2D eigenvalue weighted by Crippen LogP contribution is 1.96. The molecule has 0 amide bonds. The van der Waals surface area contributed by atoms with Gasteiger partial charge in [-0.2, -0.15) is 0 Å². The summed E-state index contributed by atoms with van der Waals surface area (Å²) in [7, 11) is 0. The average Bonchev–Trinajstić information content (AvgIpc) is 1.81. The molecule has 0 spiro atoms. The van der Waals surface area contributed by atoms with Crippen molar-refractivity contribution in [3.05, 3.63) is 0 Å². The molecule has 0 aliphatic carbocycles. The number of hydrogen-bond acceptors (Lipinski definition) is 1. The summed E-state index contributed by atoms with van der Waals surface area (Å²) < 4.78 is 0. The first-order chi connectivity index (χ1) is 3.91. The van der Waals surface area contributed by atoms with Gasteiger partial charge in [0.25, 0.3) is 0 Å². The zero-order valence-electron chi connectivity index (χ0n) is 5.43. The third kappa shape index (κ3) is 5.92. The smallest absolute Gasteiger partial charge is 0.0424 e. The molecule has 1 radical (unpaired) electrons. The predicted molar refractivity (Wildman–Crippen MR) is 32.9 cm³/mol. The van der Waals surface area contributed by atoms with Crippen molar-refractivity contribution in [2.45, 2.75) is 32.6 Å². The van der Waals surface area contributed by atoms with E-state index in [-0.39, 0.29) is 0 Å². The number of hydrogen-bond donors (Lipinski definition) is 1. The van der Waals surface area contributed by atoms with E-state index < -0.39 is 0 Å². The molecule has 0 aromatic heterocycles. The van der Waals surface area contributed by atoms with Crippen molar-refractivity contribution in [1.29, 1.82) is 0 Å². The Bertz CT molecular complexity index is 33.5. The summed E-state index contributed by atoms with van der Waals surface area (Å²) in [5, 5.41) is 7.99. The van der Waals surface area contributed by atoms with Gasteiger partial charge in [-0.25, -0.2) is 0 Å². The van der Waals surface area contributed by atoms with Gasteiger partial charge >= 0.3 is 0 Å². The van der Waals surface area contributed by atoms with E-state index in [0.717, 1.165) is 6.42 Å². The van der Waals surface area contributed by atoms with Crippen molar-refractivity contribution in [3.8, 4) is 0 Å². The predicted octanol–water partition coefficient (Wildman–Crippen LogP) is 1.56. The first kappa shape index (κ1) is 7.92. The maximum atomic E-state index is 7.99. The van der Waals surface area contributed by atoms with Gasteiger partial charge in [-0.05, 0) is 6.42 Å². The molecule has 0 saturated heterocycles. The highest BCUT2D eigenvalue weighted by atomic mass is 16.5. The van der Waals surface area contributed by atoms with Crippen LogP contribution in [0.1, 0.15) is 32.6 Å². The Morgan fingerprint density at radius 3 is 2.50 bits per heavy atom. The van der Waals surface area contributed by atoms with E-state index in [9.17, 15) is 0 Å². The van der Waals surface area contributed by atoms with Crippen molar-refractivity contribution in [2.24, 2.45) is 0 Å². The minimum Gasteiger partial charge on any atom is -0.297 e. The molecule has 49 valence electrons. The third-order valence-electron chi connectivity index (χ3n) is 1.11. The number of rotatable bonds is 5. The summed E-state index contributed by atoms with van der Waals surface area (Å²) in [6.07, 6.45) is 4.73. The second kappa shape index (κ2) is 6.92. The first-order valence-electron chi connectivity index (χ1n) is 3.22. The van der Waals surface area contributed by atoms with Crippen molar-refractivity contribution in [1.82, 2.24) is 5.48 Å². The average molecular weight is 116 g/mol. The summed E-state index contributed by atoms with van der Waals surface area (Å²) >= 11 is 0. The molecule has 2 heteroatoms. The molecule has 1 N–H and O–H groups in total. The molecule has 8 heavy (non-hydrogen) atoms. The summed E-state index contributed by atoms with van der Waals surface area (Å²) in [6, 6.07) is 0. The Morgan fingerprint density at radius 1 is 1.25 bits per heavy atom. The van der Waals surface area contributed by atoms with Gasteiger partial charge in [0.05, 0.1) is 0 Å². The topological polar surface area (TPSA) is 34.3 Å². The lowest BCUT2D eigenvalue weighted by molar-refractivity contribution is 0.154. The Morgan fingerprint density at radius 2 is 2.00 bits per heavy atom. The molecule has 0 unspecified atom stereocenters. The van der Waals surface area contributed by atoms with Gasteiger partial charge in [0.1, 0.15) is 0 Å². The molecule has 0 atom stereocenters. The quantitative estimate of drug-likeness (QED) is 0.429. The molecule has 0 aliphatic heterocycles. The Hall–Kier alpha value is -0.0800. The molecular weight excluding hydrogens is 102 g/mol. The summed E-state index contributed by atoms with van der Waals surface area (Å²) in [5.41, 5.74) is 3.01. The van der Waals surface area contributed by atoms with Gasteiger partial charge < -0.3 is 0 Å². The highest BCUT2D eigenvalue weighted by Gasteiger charge is 1.84. The number of nitrogens with zero attached hydrogens (tertiary/aromatic N) is 1. The molecule has 0 saturated carbocycles. The Labute approximate surface area is 50.9 Å². The van der Waals surface area contributed by atoms with E-state index in [0.29, 0.717) is 6.54 Å². The van der Waals surface area contributed by atoms with Crippen molar-refractivity contribution in [2.75, 3.05) is 6.54 Å². The highest BCUT2D eigenvalue weighted by molar-refractivity contribution is 4.39. The van der Waals surface area contributed by atoms with Crippen LogP contribution >= 0.6 is 0 Å². The van der Waals surface area contributed by atoms with Crippen LogP contribution in [0.2, 0.25) is 0 Å². The van der Waals surface area contributed by atoms with Crippen LogP contribution < -0.4 is 5.48 Å². The first-order valence-corrected chi connectivity index (χ1v) is 3.22. The van der Waals surface area contributed by atoms with Gasteiger partial charge in [0, 0.05) is 6.54 Å². The van der Waals surface area contributed by atoms with E-state index in [4.69, 9.17) is 5.21 Å². The van der Waals surface area contributed by atoms with E-state index in [1.165, 1.54) is 19.3 Å². The fraction of sp³-hybridized carbons (Fsp3) is 1.00. The van der Waals surface area contributed by atoms with Crippen molar-refractivity contribution in [3.63, 3.8) is 0 Å². The lowest BCUT2D eigenvalue weighted by Gasteiger charge is -1.93. The van der Waals surface area contributed by atoms with Gasteiger partial charge in [-0.1, -0.05) is 26.2 Å². The molecular formula is C6H14NO. The van der Waals surface area contributed by atoms with E-state index >= 15 is 0 Å². The molecule has 0 fully saturated rings. The standard InChI is InChI=1S/C6H14NO/c1-2-3-4-5-6-7-8/h8H,2-6H2,1H3. The van der Waals surface area contributed by atoms with Crippen molar-refractivity contribution < 1.29 is 5.21 Å². The second-order valence-corrected chi connectivity index (χ2v) is 1.93. The second-order valence-electron chi connectivity index (χ2n) is 1.93. The Kier molecular flexibility index (Phi) is 6.85. The zero-order valence-corrected chi connectivity index (χ0v) is 5.43. The maximum absolute atomic E-state index is 7.99. The minimum atomic E-state index is 0.611. The van der Waals surface area contributed by atoms with Crippen LogP contribution in [0.15, 0.2) is 0 Å². The van der Waals surface area contributed by atoms with Gasteiger partial charge in [0.15, 0.2) is 0 Å². The number of unbranched alkanes of at least 4 members (excludes halogenated alkanes) is 3. The largest absolute Gasteiger partial charge is 0.297 e. The molecule has 0 aromatic carbocycles. The summed E-state index contributed by atoms with van der Waals surface area (Å²) in [5.74, 6) is 0. The fourth-order valence-electron chi connectivity index (χ4n) is 0.609. The third-order valence-corrected chi connectivity index (χ3v) is 1.11. The fourth-order valence-corrected chi connectivity index (χ4v) is 0.609. The summed E-state index contributed by atoms with van der Waals surface area (Å²) in [4.78, 5) is 0. The van der Waals surface area contributed by atoms with E-state index in [1.807, 2.05) is 0 Å². The molecule has 0 aromatic rings. The monoisotopic (exact) mass is 116 g/mol. The van der Waals surface area contributed by atoms with Gasteiger partial charge in [0.2, 0.25) is 0 Å². The van der Waals surface area contributed by atoms with Crippen molar-refractivity contribution >= 4 is 0 Å². The lowest BCUT2D eigenvalue weighted by atomic mass is 10.2. The van der Waals surface area contributed by atoms with Crippen LogP contribution in [0.25, 0.3) is 0 Å². The molecule has 2 nitrogen and oxygen atoms in total. The van der Waals surface area contributed by atoms with E-state index in [1.54, 1.807) is 0 Å². The zero-order chi connectivity index (χ0) is 6.24. The molecule has 0 heterocycles. The van der Waals surface area contributed by atoms with Crippen LogP contribution in [0.4, 0.5) is 0 Å². The minimum absolute atomic E-state index is 0.611. The molecule has 0 rings (SSSR count). The van der Waals surface area contributed by atoms with Crippen LogP contribution in [0.3, 0.4) is 0 Å². The Balaban J connectivity index is 2.53. The molecule has 0 bridgehead atoms. The lowest BCUT2D eigenvalue weighted by Crippen LogP contribution is -1.98. The SMILES string of the molecule is CCCCCC[N]O.